The first-order valence-electron chi connectivity index (χ1n) is 5.04. The van der Waals surface area contributed by atoms with Gasteiger partial charge in [0.2, 0.25) is 0 Å². The van der Waals surface area contributed by atoms with Gasteiger partial charge in [-0.1, -0.05) is 18.2 Å². The second kappa shape index (κ2) is 8.67. The van der Waals surface area contributed by atoms with Crippen molar-refractivity contribution in [2.45, 2.75) is 28.3 Å². The van der Waals surface area contributed by atoms with Crippen LogP contribution in [0.1, 0.15) is 19.8 Å². The molecule has 0 fully saturated rings. The standard InChI is InChI=1S/C6H6O2S2.C4H9.Na/c7-10(8,9)6-4-2-1-3-5-6;1-3-4-2;/h1-5H,(H,7,8,9);1,3-4H2,2H3;. The zero-order valence-corrected chi connectivity index (χ0v) is 12.8. The molecular weight excluding hydrogens is 239 g/mol. The average molecular weight is 254 g/mol. The van der Waals surface area contributed by atoms with E-state index in [-0.39, 0.29) is 0 Å². The zero-order chi connectivity index (χ0) is 11.7. The fourth-order valence-corrected chi connectivity index (χ4v) is 2.49. The van der Waals surface area contributed by atoms with Crippen molar-refractivity contribution >= 4 is 47.9 Å². The molecule has 0 bridgehead atoms. The van der Waals surface area contributed by atoms with Crippen molar-refractivity contribution in [2.75, 3.05) is 0 Å². The van der Waals surface area contributed by atoms with E-state index >= 15 is 0 Å². The molecule has 1 aromatic carbocycles. The van der Waals surface area contributed by atoms with Gasteiger partial charge in [0.1, 0.15) is 0 Å². The Bertz CT molecular complexity index is 347. The summed E-state index contributed by atoms with van der Waals surface area (Å²) in [7, 11) is -3.17. The van der Waals surface area contributed by atoms with Crippen LogP contribution in [0.4, 0.5) is 0 Å². The Morgan fingerprint density at radius 3 is 2.13 bits per heavy atom. The monoisotopic (exact) mass is 254 g/mol. The van der Waals surface area contributed by atoms with Crippen LogP contribution in [0.2, 0.25) is 3.67 Å². The van der Waals surface area contributed by atoms with Crippen molar-refractivity contribution in [1.82, 2.24) is 0 Å². The van der Waals surface area contributed by atoms with Gasteiger partial charge in [0.05, 0.1) is 4.90 Å². The van der Waals surface area contributed by atoms with Gasteiger partial charge >= 0.3 is 51.4 Å². The number of hydrogen-bond donors (Lipinski definition) is 1. The fraction of sp³-hybridized carbons (Fsp3) is 0.400. The van der Waals surface area contributed by atoms with Crippen molar-refractivity contribution in [3.8, 4) is 0 Å². The Morgan fingerprint density at radius 1 is 1.40 bits per heavy atom. The molecule has 2 nitrogen and oxygen atoms in total. The van der Waals surface area contributed by atoms with Gasteiger partial charge in [-0.3, -0.25) is 0 Å². The van der Waals surface area contributed by atoms with Crippen molar-refractivity contribution < 1.29 is 8.76 Å². The molecule has 0 heterocycles. The van der Waals surface area contributed by atoms with Crippen LogP contribution in [0.5, 0.6) is 0 Å². The normalized spacial score (nSPS) is 13.6. The summed E-state index contributed by atoms with van der Waals surface area (Å²) in [5.41, 5.74) is 0. The molecular formula is C10H15NaO2S2. The Labute approximate surface area is 114 Å². The molecule has 15 heavy (non-hydrogen) atoms. The zero-order valence-electron chi connectivity index (χ0n) is 9.18. The molecule has 0 aliphatic carbocycles. The van der Waals surface area contributed by atoms with Crippen LogP contribution in [-0.4, -0.2) is 36.7 Å². The first kappa shape index (κ1) is 15.6. The van der Waals surface area contributed by atoms with Crippen molar-refractivity contribution in [3.05, 3.63) is 30.3 Å². The number of unbranched alkanes of at least 4 members (excludes halogenated alkanes) is 1. The largest absolute Gasteiger partial charge is 0.302 e. The van der Waals surface area contributed by atoms with Crippen molar-refractivity contribution in [3.63, 3.8) is 0 Å². The molecule has 1 aromatic rings. The van der Waals surface area contributed by atoms with Gasteiger partial charge in [-0.05, 0) is 12.1 Å². The summed E-state index contributed by atoms with van der Waals surface area (Å²) in [6.45, 7) is 2.23. The topological polar surface area (TPSA) is 37.3 Å². The summed E-state index contributed by atoms with van der Waals surface area (Å²) in [5, 5.41) is 0. The van der Waals surface area contributed by atoms with Gasteiger partial charge in [-0.25, -0.2) is 4.21 Å². The molecule has 0 saturated carbocycles. The van der Waals surface area contributed by atoms with E-state index in [2.05, 4.69) is 18.1 Å². The first-order valence-corrected chi connectivity index (χ1v) is 8.90. The molecule has 1 N–H and O–H groups in total. The average Bonchev–Trinajstić information content (AvgIpc) is 2.20. The van der Waals surface area contributed by atoms with Crippen molar-refractivity contribution in [2.24, 2.45) is 0 Å². The molecule has 0 aliphatic heterocycles. The Morgan fingerprint density at radius 2 is 1.93 bits per heavy atom. The maximum Gasteiger partial charge on any atom is 0.171 e. The Balaban J connectivity index is 0.000000336. The van der Waals surface area contributed by atoms with E-state index in [1.165, 1.54) is 56.6 Å². The summed E-state index contributed by atoms with van der Waals surface area (Å²) in [5.74, 6) is 0. The van der Waals surface area contributed by atoms with E-state index in [0.717, 1.165) is 0 Å². The van der Waals surface area contributed by atoms with E-state index in [1.54, 1.807) is 18.2 Å². The van der Waals surface area contributed by atoms with Crippen LogP contribution in [0.15, 0.2) is 35.2 Å². The van der Waals surface area contributed by atoms with Gasteiger partial charge in [0.25, 0.3) is 0 Å². The van der Waals surface area contributed by atoms with Crippen LogP contribution >= 0.6 is 0 Å². The minimum atomic E-state index is -3.17. The predicted molar refractivity (Wildman–Crippen MR) is 68.3 cm³/mol. The maximum absolute atomic E-state index is 10.8. The third kappa shape index (κ3) is 8.37. The second-order valence-electron chi connectivity index (χ2n) is 3.14. The molecule has 0 aromatic heterocycles. The molecule has 5 heteroatoms. The third-order valence-electron chi connectivity index (χ3n) is 1.75. The molecule has 0 aliphatic rings. The quantitative estimate of drug-likeness (QED) is 0.843. The first-order chi connectivity index (χ1) is 7.02. The third-order valence-corrected chi connectivity index (χ3v) is 3.90. The molecule has 0 radical (unpaired) electrons. The molecule has 0 spiro atoms. The minimum Gasteiger partial charge on any atom is -0.302 e. The van der Waals surface area contributed by atoms with Crippen LogP contribution in [0.3, 0.4) is 0 Å². The number of rotatable bonds is 3. The van der Waals surface area contributed by atoms with Gasteiger partial charge in [-0.2, -0.15) is 0 Å². The summed E-state index contributed by atoms with van der Waals surface area (Å²) in [6, 6.07) is 8.20. The smallest absolute Gasteiger partial charge is 0.171 e. The second-order valence-corrected chi connectivity index (χ2v) is 6.92. The van der Waals surface area contributed by atoms with E-state index in [0.29, 0.717) is 4.90 Å². The van der Waals surface area contributed by atoms with Crippen molar-refractivity contribution in [1.29, 1.82) is 0 Å². The summed E-state index contributed by atoms with van der Waals surface area (Å²) in [6.07, 6.45) is 2.83. The van der Waals surface area contributed by atoms with Crippen LogP contribution in [-0.2, 0) is 20.0 Å². The Hall–Kier alpha value is 0.550. The van der Waals surface area contributed by atoms with E-state index in [1.807, 2.05) is 0 Å². The predicted octanol–water partition coefficient (Wildman–Crippen LogP) is 2.64. The van der Waals surface area contributed by atoms with Crippen LogP contribution in [0, 0.1) is 0 Å². The number of benzene rings is 1. The Kier molecular flexibility index (Phi) is 8.99. The SMILES string of the molecule is CCC[CH2][Na].O=S(O)(=S)c1ccccc1. The summed E-state index contributed by atoms with van der Waals surface area (Å²) >= 11 is 5.73. The van der Waals surface area contributed by atoms with Gasteiger partial charge in [0.15, 0.2) is 8.77 Å². The minimum absolute atomic E-state index is 0.296. The van der Waals surface area contributed by atoms with Gasteiger partial charge in [0, 0.05) is 11.2 Å². The fourth-order valence-electron chi connectivity index (χ4n) is 0.946. The van der Waals surface area contributed by atoms with E-state index < -0.39 is 8.77 Å². The summed E-state index contributed by atoms with van der Waals surface area (Å²) < 4.78 is 21.1. The van der Waals surface area contributed by atoms with Crippen LogP contribution in [0.25, 0.3) is 0 Å². The maximum atomic E-state index is 10.8. The molecule has 0 amide bonds. The molecule has 1 unspecified atom stereocenters. The molecule has 0 saturated heterocycles. The molecule has 80 valence electrons. The van der Waals surface area contributed by atoms with Gasteiger partial charge < -0.3 is 4.55 Å². The number of hydrogen-bond acceptors (Lipinski definition) is 2. The molecule has 1 atom stereocenters. The van der Waals surface area contributed by atoms with E-state index in [4.69, 9.17) is 4.55 Å². The molecule has 1 rings (SSSR count). The van der Waals surface area contributed by atoms with E-state index in [9.17, 15) is 4.21 Å². The summed E-state index contributed by atoms with van der Waals surface area (Å²) in [4.78, 5) is 0.296. The van der Waals surface area contributed by atoms with Gasteiger partial charge in [-0.15, -0.1) is 0 Å². The van der Waals surface area contributed by atoms with Crippen LogP contribution < -0.4 is 0 Å².